The lowest BCUT2D eigenvalue weighted by Gasteiger charge is -2.43. The minimum atomic E-state index is 0.797. The Labute approximate surface area is 120 Å². The number of hydrogen-bond donors (Lipinski definition) is 1. The first-order chi connectivity index (χ1) is 9.11. The maximum atomic E-state index is 3.76. The second-order valence-corrected chi connectivity index (χ2v) is 7.27. The lowest BCUT2D eigenvalue weighted by Crippen LogP contribution is -2.52. The van der Waals surface area contributed by atoms with Gasteiger partial charge in [0, 0.05) is 24.2 Å². The van der Waals surface area contributed by atoms with E-state index in [-0.39, 0.29) is 0 Å². The molecular formula is C17H34N2. The lowest BCUT2D eigenvalue weighted by molar-refractivity contribution is 0.0710. The minimum absolute atomic E-state index is 0.797. The van der Waals surface area contributed by atoms with E-state index >= 15 is 0 Å². The summed E-state index contributed by atoms with van der Waals surface area (Å²) in [6, 6.07) is 3.34. The van der Waals surface area contributed by atoms with E-state index in [0.717, 1.165) is 30.1 Å². The van der Waals surface area contributed by atoms with Gasteiger partial charge in [-0.15, -0.1) is 0 Å². The van der Waals surface area contributed by atoms with E-state index in [9.17, 15) is 0 Å². The van der Waals surface area contributed by atoms with E-state index in [1.807, 2.05) is 0 Å². The molecule has 19 heavy (non-hydrogen) atoms. The van der Waals surface area contributed by atoms with Crippen molar-refractivity contribution in [2.75, 3.05) is 6.54 Å². The summed E-state index contributed by atoms with van der Waals surface area (Å²) in [5, 5.41) is 3.76. The van der Waals surface area contributed by atoms with E-state index in [4.69, 9.17) is 0 Å². The van der Waals surface area contributed by atoms with Crippen molar-refractivity contribution >= 4 is 0 Å². The van der Waals surface area contributed by atoms with Crippen molar-refractivity contribution in [2.24, 2.45) is 5.92 Å². The van der Waals surface area contributed by atoms with Crippen LogP contribution in [0.4, 0.5) is 0 Å². The van der Waals surface area contributed by atoms with Crippen LogP contribution in [0.5, 0.6) is 0 Å². The van der Waals surface area contributed by atoms with Gasteiger partial charge in [-0.05, 0) is 64.3 Å². The summed E-state index contributed by atoms with van der Waals surface area (Å²) in [5.74, 6) is 0.851. The van der Waals surface area contributed by atoms with Gasteiger partial charge in [0.1, 0.15) is 0 Å². The molecule has 2 aliphatic heterocycles. The third-order valence-electron chi connectivity index (χ3n) is 5.14. The molecule has 2 saturated heterocycles. The molecule has 0 aromatic heterocycles. The number of nitrogens with zero attached hydrogens (tertiary/aromatic N) is 1. The van der Waals surface area contributed by atoms with E-state index in [1.165, 1.54) is 51.5 Å². The largest absolute Gasteiger partial charge is 0.314 e. The Balaban J connectivity index is 1.84. The van der Waals surface area contributed by atoms with Crippen molar-refractivity contribution in [1.29, 1.82) is 0 Å². The average Bonchev–Trinajstić information content (AvgIpc) is 2.65. The van der Waals surface area contributed by atoms with Crippen molar-refractivity contribution < 1.29 is 0 Å². The molecule has 0 aliphatic carbocycles. The topological polar surface area (TPSA) is 15.3 Å². The van der Waals surface area contributed by atoms with Crippen LogP contribution in [-0.4, -0.2) is 35.6 Å². The van der Waals surface area contributed by atoms with Gasteiger partial charge < -0.3 is 5.32 Å². The molecule has 2 bridgehead atoms. The van der Waals surface area contributed by atoms with E-state index in [0.29, 0.717) is 0 Å². The van der Waals surface area contributed by atoms with Gasteiger partial charge in [-0.3, -0.25) is 4.90 Å². The van der Waals surface area contributed by atoms with Gasteiger partial charge in [0.15, 0.2) is 0 Å². The van der Waals surface area contributed by atoms with Crippen LogP contribution in [-0.2, 0) is 0 Å². The first-order valence-electron chi connectivity index (χ1n) is 8.62. The molecule has 0 amide bonds. The Morgan fingerprint density at radius 2 is 1.68 bits per heavy atom. The lowest BCUT2D eigenvalue weighted by atomic mass is 9.93. The highest BCUT2D eigenvalue weighted by Crippen LogP contribution is 2.38. The third kappa shape index (κ3) is 3.95. The number of fused-ring (bicyclic) bond motifs is 2. The van der Waals surface area contributed by atoms with E-state index in [2.05, 4.69) is 37.9 Å². The standard InChI is InChI=1S/C17H34N2/c1-5-10-18-15-11-16-8-9-17(12-15)19(16)14(4)7-6-13(2)3/h13-18H,5-12H2,1-4H3. The summed E-state index contributed by atoms with van der Waals surface area (Å²) in [4.78, 5) is 2.88. The Kier molecular flexibility index (Phi) is 5.70. The molecule has 1 N–H and O–H groups in total. The number of rotatable bonds is 7. The van der Waals surface area contributed by atoms with Crippen LogP contribution in [0.25, 0.3) is 0 Å². The van der Waals surface area contributed by atoms with Crippen LogP contribution in [0.3, 0.4) is 0 Å². The summed E-state index contributed by atoms with van der Waals surface area (Å²) in [7, 11) is 0. The van der Waals surface area contributed by atoms with Crippen molar-refractivity contribution in [3.8, 4) is 0 Å². The summed E-state index contributed by atoms with van der Waals surface area (Å²) in [5.41, 5.74) is 0. The second kappa shape index (κ2) is 7.08. The third-order valence-corrected chi connectivity index (χ3v) is 5.14. The molecular weight excluding hydrogens is 232 g/mol. The molecule has 2 heterocycles. The SMILES string of the molecule is CCCNC1CC2CCC(C1)N2C(C)CCC(C)C. The highest BCUT2D eigenvalue weighted by atomic mass is 15.3. The van der Waals surface area contributed by atoms with Crippen molar-refractivity contribution in [3.63, 3.8) is 0 Å². The Bertz CT molecular complexity index is 250. The summed E-state index contributed by atoms with van der Waals surface area (Å²) >= 11 is 0. The van der Waals surface area contributed by atoms with Crippen molar-refractivity contribution in [3.05, 3.63) is 0 Å². The number of nitrogens with one attached hydrogen (secondary N) is 1. The van der Waals surface area contributed by atoms with Gasteiger partial charge in [-0.25, -0.2) is 0 Å². The molecule has 2 aliphatic rings. The zero-order valence-corrected chi connectivity index (χ0v) is 13.5. The second-order valence-electron chi connectivity index (χ2n) is 7.27. The molecule has 0 saturated carbocycles. The molecule has 2 heteroatoms. The van der Waals surface area contributed by atoms with Gasteiger partial charge in [0.2, 0.25) is 0 Å². The fourth-order valence-corrected chi connectivity index (χ4v) is 4.17. The molecule has 2 rings (SSSR count). The molecule has 0 spiro atoms. The van der Waals surface area contributed by atoms with Gasteiger partial charge in [0.05, 0.1) is 0 Å². The van der Waals surface area contributed by atoms with Crippen molar-refractivity contribution in [1.82, 2.24) is 10.2 Å². The summed E-state index contributed by atoms with van der Waals surface area (Å²) < 4.78 is 0. The molecule has 0 radical (unpaired) electrons. The zero-order valence-electron chi connectivity index (χ0n) is 13.5. The van der Waals surface area contributed by atoms with Crippen LogP contribution in [0.15, 0.2) is 0 Å². The fourth-order valence-electron chi connectivity index (χ4n) is 4.17. The Morgan fingerprint density at radius 3 is 2.21 bits per heavy atom. The van der Waals surface area contributed by atoms with Gasteiger partial charge in [0.25, 0.3) is 0 Å². The first-order valence-corrected chi connectivity index (χ1v) is 8.62. The maximum absolute atomic E-state index is 3.76. The number of hydrogen-bond acceptors (Lipinski definition) is 2. The highest BCUT2D eigenvalue weighted by Gasteiger charge is 2.42. The molecule has 2 fully saturated rings. The van der Waals surface area contributed by atoms with Gasteiger partial charge in [-0.2, -0.15) is 0 Å². The van der Waals surface area contributed by atoms with E-state index in [1.54, 1.807) is 0 Å². The molecule has 112 valence electrons. The zero-order chi connectivity index (χ0) is 13.8. The quantitative estimate of drug-likeness (QED) is 0.754. The van der Waals surface area contributed by atoms with E-state index < -0.39 is 0 Å². The van der Waals surface area contributed by atoms with Crippen LogP contribution >= 0.6 is 0 Å². The minimum Gasteiger partial charge on any atom is -0.314 e. The van der Waals surface area contributed by atoms with Crippen LogP contribution in [0.1, 0.15) is 72.6 Å². The highest BCUT2D eigenvalue weighted by molar-refractivity contribution is 4.99. The molecule has 3 unspecified atom stereocenters. The normalized spacial score (nSPS) is 33.0. The van der Waals surface area contributed by atoms with Crippen LogP contribution in [0.2, 0.25) is 0 Å². The Morgan fingerprint density at radius 1 is 1.05 bits per heavy atom. The molecule has 2 nitrogen and oxygen atoms in total. The summed E-state index contributed by atoms with van der Waals surface area (Å²) in [6.45, 7) is 10.6. The number of piperidine rings is 1. The van der Waals surface area contributed by atoms with Crippen LogP contribution in [0, 0.1) is 5.92 Å². The predicted molar refractivity (Wildman–Crippen MR) is 83.5 cm³/mol. The average molecular weight is 266 g/mol. The monoisotopic (exact) mass is 266 g/mol. The predicted octanol–water partition coefficient (Wildman–Crippen LogP) is 3.81. The smallest absolute Gasteiger partial charge is 0.0116 e. The summed E-state index contributed by atoms with van der Waals surface area (Å²) in [6.07, 6.45) is 9.71. The van der Waals surface area contributed by atoms with Crippen LogP contribution < -0.4 is 5.32 Å². The molecule has 0 aromatic carbocycles. The molecule has 3 atom stereocenters. The fraction of sp³-hybridized carbons (Fsp3) is 1.00. The Hall–Kier alpha value is -0.0800. The van der Waals surface area contributed by atoms with Gasteiger partial charge in [-0.1, -0.05) is 20.8 Å². The van der Waals surface area contributed by atoms with Crippen molar-refractivity contribution in [2.45, 2.75) is 96.8 Å². The maximum Gasteiger partial charge on any atom is 0.0116 e. The molecule has 0 aromatic rings. The van der Waals surface area contributed by atoms with Gasteiger partial charge >= 0.3 is 0 Å². The first kappa shape index (κ1) is 15.3.